The minimum atomic E-state index is -0.246. The first-order valence-corrected chi connectivity index (χ1v) is 13.7. The molecule has 3 aliphatic rings. The van der Waals surface area contributed by atoms with Crippen LogP contribution in [0, 0.1) is 13.8 Å². The monoisotopic (exact) mass is 504 g/mol. The van der Waals surface area contributed by atoms with Crippen molar-refractivity contribution < 1.29 is 9.57 Å². The van der Waals surface area contributed by atoms with Crippen molar-refractivity contribution in [1.29, 1.82) is 0 Å². The van der Waals surface area contributed by atoms with E-state index in [1.54, 1.807) is 18.4 Å². The highest BCUT2D eigenvalue weighted by atomic mass is 32.1. The molecule has 0 N–H and O–H groups in total. The number of hydrogen-bond donors (Lipinski definition) is 0. The summed E-state index contributed by atoms with van der Waals surface area (Å²) in [6.07, 6.45) is 10.3. The van der Waals surface area contributed by atoms with Gasteiger partial charge in [-0.25, -0.2) is 9.98 Å². The molecule has 2 aromatic rings. The van der Waals surface area contributed by atoms with Crippen molar-refractivity contribution in [3.63, 3.8) is 0 Å². The van der Waals surface area contributed by atoms with Gasteiger partial charge in [0.05, 0.1) is 23.4 Å². The summed E-state index contributed by atoms with van der Waals surface area (Å²) < 4.78 is 5.75. The zero-order valence-corrected chi connectivity index (χ0v) is 22.8. The second-order valence-electron chi connectivity index (χ2n) is 10.4. The van der Waals surface area contributed by atoms with E-state index < -0.39 is 0 Å². The number of allylic oxidation sites excluding steroid dienone is 2. The summed E-state index contributed by atoms with van der Waals surface area (Å²) in [7, 11) is 1.73. The van der Waals surface area contributed by atoms with Crippen LogP contribution in [0.5, 0.6) is 0 Å². The molecular weight excluding hydrogens is 468 g/mol. The summed E-state index contributed by atoms with van der Waals surface area (Å²) in [5.74, 6) is 0.450. The lowest BCUT2D eigenvalue weighted by atomic mass is 9.91. The van der Waals surface area contributed by atoms with Crippen molar-refractivity contribution in [1.82, 2.24) is 9.88 Å². The van der Waals surface area contributed by atoms with Crippen LogP contribution in [-0.4, -0.2) is 47.4 Å². The van der Waals surface area contributed by atoms with Crippen LogP contribution < -0.4 is 0 Å². The van der Waals surface area contributed by atoms with Crippen molar-refractivity contribution in [2.24, 2.45) is 10.1 Å². The van der Waals surface area contributed by atoms with Crippen molar-refractivity contribution in [2.75, 3.05) is 20.2 Å². The van der Waals surface area contributed by atoms with E-state index in [2.05, 4.69) is 79.6 Å². The summed E-state index contributed by atoms with van der Waals surface area (Å²) in [5.41, 5.74) is 6.67. The summed E-state index contributed by atoms with van der Waals surface area (Å²) in [4.78, 5) is 18.2. The van der Waals surface area contributed by atoms with E-state index in [0.29, 0.717) is 5.92 Å². The molecule has 0 amide bonds. The van der Waals surface area contributed by atoms with E-state index in [9.17, 15) is 0 Å². The lowest BCUT2D eigenvalue weighted by Crippen LogP contribution is -2.40. The van der Waals surface area contributed by atoms with Crippen molar-refractivity contribution in [2.45, 2.75) is 70.9 Å². The first-order chi connectivity index (χ1) is 17.3. The van der Waals surface area contributed by atoms with Gasteiger partial charge < -0.3 is 14.5 Å². The van der Waals surface area contributed by atoms with Gasteiger partial charge in [-0.3, -0.25) is 0 Å². The van der Waals surface area contributed by atoms with E-state index in [1.165, 1.54) is 27.3 Å². The molecule has 1 aromatic heterocycles. The van der Waals surface area contributed by atoms with Crippen LogP contribution >= 0.6 is 11.3 Å². The molecule has 1 aliphatic carbocycles. The number of aromatic nitrogens is 1. The molecule has 0 spiro atoms. The van der Waals surface area contributed by atoms with Crippen molar-refractivity contribution in [3.8, 4) is 0 Å². The summed E-state index contributed by atoms with van der Waals surface area (Å²) in [6, 6.07) is 7.11. The highest BCUT2D eigenvalue weighted by Gasteiger charge is 2.31. The van der Waals surface area contributed by atoms with E-state index >= 15 is 0 Å². The number of methoxy groups -OCH3 is 1. The molecule has 6 nitrogen and oxygen atoms in total. The number of likely N-dealkylation sites (tertiary alicyclic amines) is 1. The Morgan fingerprint density at radius 3 is 2.64 bits per heavy atom. The molecule has 0 radical (unpaired) electrons. The Hall–Kier alpha value is -2.93. The van der Waals surface area contributed by atoms with Gasteiger partial charge in [-0.2, -0.15) is 0 Å². The lowest BCUT2D eigenvalue weighted by Gasteiger charge is -2.34. The zero-order chi connectivity index (χ0) is 25.3. The molecule has 190 valence electrons. The summed E-state index contributed by atoms with van der Waals surface area (Å²) in [5, 5.41) is 7.77. The Bertz CT molecular complexity index is 1220. The van der Waals surface area contributed by atoms with Crippen molar-refractivity contribution in [3.05, 3.63) is 74.8 Å². The van der Waals surface area contributed by atoms with Crippen molar-refractivity contribution >= 4 is 23.1 Å². The van der Waals surface area contributed by atoms with Gasteiger partial charge in [-0.15, -0.1) is 11.3 Å². The number of amidine groups is 1. The maximum absolute atomic E-state index is 5.86. The SMILES string of the molecule is COC(=NC1(C)C=C(C)C=CC1)N1CCC(c2nc(C3=NOC(c4c(C)cccc4C)C3)cs2)CC1. The number of nitrogens with zero attached hydrogens (tertiary/aromatic N) is 4. The Balaban J connectivity index is 1.21. The predicted molar refractivity (Wildman–Crippen MR) is 147 cm³/mol. The number of oxime groups is 1. The highest BCUT2D eigenvalue weighted by molar-refractivity contribution is 7.10. The summed E-state index contributed by atoms with van der Waals surface area (Å²) >= 11 is 1.75. The highest BCUT2D eigenvalue weighted by Crippen LogP contribution is 2.36. The molecular formula is C29H36N4O2S. The molecule has 1 aromatic carbocycles. The van der Waals surface area contributed by atoms with E-state index in [-0.39, 0.29) is 11.6 Å². The van der Waals surface area contributed by atoms with E-state index in [1.807, 2.05) is 0 Å². The fourth-order valence-corrected chi connectivity index (χ4v) is 6.57. The lowest BCUT2D eigenvalue weighted by molar-refractivity contribution is 0.0848. The number of aliphatic imine (C=N–C) groups is 1. The number of hydrogen-bond acceptors (Lipinski definition) is 6. The Morgan fingerprint density at radius 2 is 1.94 bits per heavy atom. The van der Waals surface area contributed by atoms with Gasteiger partial charge >= 0.3 is 0 Å². The van der Waals surface area contributed by atoms with Crippen LogP contribution in [0.3, 0.4) is 0 Å². The van der Waals surface area contributed by atoms with E-state index in [4.69, 9.17) is 19.6 Å². The van der Waals surface area contributed by atoms with Crippen LogP contribution in [0.15, 0.2) is 57.5 Å². The number of thiazole rings is 1. The molecule has 1 saturated heterocycles. The molecule has 5 rings (SSSR count). The van der Waals surface area contributed by atoms with Gasteiger partial charge in [0.1, 0.15) is 5.71 Å². The molecule has 2 atom stereocenters. The number of rotatable bonds is 4. The number of aryl methyl sites for hydroxylation is 2. The fraction of sp³-hybridized carbons (Fsp3) is 0.483. The minimum absolute atomic E-state index is 0.0264. The molecule has 1 fully saturated rings. The molecule has 0 saturated carbocycles. The predicted octanol–water partition coefficient (Wildman–Crippen LogP) is 6.47. The fourth-order valence-electron chi connectivity index (χ4n) is 5.57. The topological polar surface area (TPSA) is 59.3 Å². The molecule has 2 unspecified atom stereocenters. The van der Waals surface area contributed by atoms with Gasteiger partial charge in [-0.1, -0.05) is 47.2 Å². The average Bonchev–Trinajstić information content (AvgIpc) is 3.53. The smallest absolute Gasteiger partial charge is 0.287 e. The number of benzene rings is 1. The third-order valence-electron chi connectivity index (χ3n) is 7.45. The molecule has 2 aliphatic heterocycles. The van der Waals surface area contributed by atoms with Crippen LogP contribution in [0.25, 0.3) is 0 Å². The Labute approximate surface area is 218 Å². The third kappa shape index (κ3) is 5.12. The standard InChI is InChI=1S/C29H36N4O2S/c1-19-8-7-13-29(4,17-19)31-28(34-5)33-14-11-22(12-15-33)27-30-24(18-36-27)23-16-25(35-32-23)26-20(2)9-6-10-21(26)3/h6-10,17-18,22,25H,11-16H2,1-5H3. The zero-order valence-electron chi connectivity index (χ0n) is 22.0. The Morgan fingerprint density at radius 1 is 1.19 bits per heavy atom. The summed E-state index contributed by atoms with van der Waals surface area (Å²) in [6.45, 7) is 10.4. The number of piperidine rings is 1. The quantitative estimate of drug-likeness (QED) is 0.354. The average molecular weight is 505 g/mol. The maximum Gasteiger partial charge on any atom is 0.287 e. The first-order valence-electron chi connectivity index (χ1n) is 12.8. The third-order valence-corrected chi connectivity index (χ3v) is 8.46. The van der Waals surface area contributed by atoms with Gasteiger partial charge in [-0.05, 0) is 58.1 Å². The van der Waals surface area contributed by atoms with Gasteiger partial charge in [0.2, 0.25) is 0 Å². The molecule has 36 heavy (non-hydrogen) atoms. The first kappa shape index (κ1) is 24.8. The van der Waals surface area contributed by atoms with Gasteiger partial charge in [0, 0.05) is 36.4 Å². The normalized spacial score (nSPS) is 25.0. The molecule has 0 bridgehead atoms. The maximum atomic E-state index is 5.86. The molecule has 3 heterocycles. The Kier molecular flexibility index (Phi) is 7.02. The van der Waals surface area contributed by atoms with Gasteiger partial charge in [0.15, 0.2) is 6.10 Å². The number of ether oxygens (including phenoxy) is 1. The van der Waals surface area contributed by atoms with Crippen LogP contribution in [0.4, 0.5) is 0 Å². The van der Waals surface area contributed by atoms with E-state index in [0.717, 1.165) is 56.2 Å². The van der Waals surface area contributed by atoms with Crippen LogP contribution in [0.1, 0.15) is 78.9 Å². The van der Waals surface area contributed by atoms with Gasteiger partial charge in [0.25, 0.3) is 6.02 Å². The van der Waals surface area contributed by atoms with Crippen LogP contribution in [-0.2, 0) is 9.57 Å². The second-order valence-corrected chi connectivity index (χ2v) is 11.3. The van der Waals surface area contributed by atoms with Crippen LogP contribution in [0.2, 0.25) is 0 Å². The second kappa shape index (κ2) is 10.2. The largest absolute Gasteiger partial charge is 0.468 e. The minimum Gasteiger partial charge on any atom is -0.468 e. The molecule has 7 heteroatoms.